The smallest absolute Gasteiger partial charge is 0.243 e. The molecule has 1 heterocycles. The van der Waals surface area contributed by atoms with Crippen molar-refractivity contribution in [2.75, 3.05) is 12.9 Å². The minimum atomic E-state index is -3.70. The van der Waals surface area contributed by atoms with Crippen LogP contribution in [0.5, 0.6) is 0 Å². The van der Waals surface area contributed by atoms with E-state index in [0.29, 0.717) is 0 Å². The maximum atomic E-state index is 12.0. The van der Waals surface area contributed by atoms with Gasteiger partial charge >= 0.3 is 0 Å². The standard InChI is InChI=1S/C9H14ClN3O3S2/c1-6(8(5-14)17-2)13-18(15,16)7-3-11-9(10)12-4-7/h3-4,6,8,13-14H,5H2,1-2H3. The van der Waals surface area contributed by atoms with Gasteiger partial charge in [-0.05, 0) is 24.8 Å². The molecule has 2 N–H and O–H groups in total. The Kier molecular flexibility index (Phi) is 5.80. The van der Waals surface area contributed by atoms with Gasteiger partial charge in [-0.25, -0.2) is 23.1 Å². The summed E-state index contributed by atoms with van der Waals surface area (Å²) >= 11 is 6.88. The molecule has 6 nitrogen and oxygen atoms in total. The van der Waals surface area contributed by atoms with Gasteiger partial charge in [-0.3, -0.25) is 0 Å². The van der Waals surface area contributed by atoms with Crippen molar-refractivity contribution in [2.24, 2.45) is 0 Å². The van der Waals surface area contributed by atoms with Gasteiger partial charge in [0.1, 0.15) is 4.90 Å². The number of rotatable bonds is 6. The minimum absolute atomic E-state index is 0.0145. The molecule has 1 rings (SSSR count). The van der Waals surface area contributed by atoms with E-state index < -0.39 is 16.1 Å². The number of sulfonamides is 1. The van der Waals surface area contributed by atoms with Gasteiger partial charge in [0.25, 0.3) is 0 Å². The topological polar surface area (TPSA) is 92.2 Å². The molecule has 102 valence electrons. The molecule has 0 aliphatic carbocycles. The van der Waals surface area contributed by atoms with Crippen LogP contribution in [-0.2, 0) is 10.0 Å². The summed E-state index contributed by atoms with van der Waals surface area (Å²) in [4.78, 5) is 7.18. The van der Waals surface area contributed by atoms with Crippen LogP contribution in [0.15, 0.2) is 17.3 Å². The van der Waals surface area contributed by atoms with Gasteiger partial charge in [-0.2, -0.15) is 11.8 Å². The lowest BCUT2D eigenvalue weighted by Crippen LogP contribution is -2.41. The van der Waals surface area contributed by atoms with Crippen LogP contribution in [0.3, 0.4) is 0 Å². The molecular weight excluding hydrogens is 298 g/mol. The Morgan fingerprint density at radius 1 is 1.50 bits per heavy atom. The van der Waals surface area contributed by atoms with E-state index in [1.807, 2.05) is 0 Å². The van der Waals surface area contributed by atoms with Crippen molar-refractivity contribution in [3.63, 3.8) is 0 Å². The van der Waals surface area contributed by atoms with Gasteiger partial charge in [-0.15, -0.1) is 0 Å². The van der Waals surface area contributed by atoms with E-state index in [2.05, 4.69) is 14.7 Å². The molecule has 0 aliphatic rings. The summed E-state index contributed by atoms with van der Waals surface area (Å²) in [6.07, 6.45) is 4.08. The summed E-state index contributed by atoms with van der Waals surface area (Å²) in [6.45, 7) is 1.58. The number of aromatic nitrogens is 2. The van der Waals surface area contributed by atoms with Crippen molar-refractivity contribution in [2.45, 2.75) is 23.1 Å². The van der Waals surface area contributed by atoms with E-state index in [0.717, 1.165) is 12.4 Å². The first kappa shape index (κ1) is 15.6. The Morgan fingerprint density at radius 3 is 2.50 bits per heavy atom. The van der Waals surface area contributed by atoms with Crippen LogP contribution in [0.1, 0.15) is 6.92 Å². The largest absolute Gasteiger partial charge is 0.395 e. The molecule has 9 heteroatoms. The molecule has 0 spiro atoms. The van der Waals surface area contributed by atoms with Crippen LogP contribution in [0, 0.1) is 0 Å². The number of aliphatic hydroxyl groups excluding tert-OH is 1. The monoisotopic (exact) mass is 311 g/mol. The lowest BCUT2D eigenvalue weighted by Gasteiger charge is -2.20. The second-order valence-electron chi connectivity index (χ2n) is 3.55. The van der Waals surface area contributed by atoms with Crippen molar-refractivity contribution < 1.29 is 13.5 Å². The van der Waals surface area contributed by atoms with Crippen LogP contribution in [-0.4, -0.2) is 47.6 Å². The van der Waals surface area contributed by atoms with Crippen molar-refractivity contribution in [1.29, 1.82) is 0 Å². The van der Waals surface area contributed by atoms with Crippen molar-refractivity contribution in [1.82, 2.24) is 14.7 Å². The first-order valence-corrected chi connectivity index (χ1v) is 8.19. The van der Waals surface area contributed by atoms with E-state index in [-0.39, 0.29) is 22.0 Å². The summed E-state index contributed by atoms with van der Waals surface area (Å²) in [5, 5.41) is 8.87. The molecule has 0 saturated heterocycles. The van der Waals surface area contributed by atoms with Gasteiger partial charge in [0.05, 0.1) is 19.0 Å². The maximum absolute atomic E-state index is 12.0. The Balaban J connectivity index is 2.85. The van der Waals surface area contributed by atoms with Gasteiger partial charge in [-0.1, -0.05) is 0 Å². The SMILES string of the molecule is CSC(CO)C(C)NS(=O)(=O)c1cnc(Cl)nc1. The Morgan fingerprint density at radius 2 is 2.06 bits per heavy atom. The fraction of sp³-hybridized carbons (Fsp3) is 0.556. The van der Waals surface area contributed by atoms with Gasteiger partial charge in [0.15, 0.2) is 0 Å². The van der Waals surface area contributed by atoms with Crippen LogP contribution in [0.4, 0.5) is 0 Å². The second kappa shape index (κ2) is 6.67. The molecule has 0 saturated carbocycles. The van der Waals surface area contributed by atoms with Gasteiger partial charge in [0.2, 0.25) is 15.3 Å². The Hall–Kier alpha value is -0.410. The minimum Gasteiger partial charge on any atom is -0.395 e. The molecule has 0 radical (unpaired) electrons. The molecule has 18 heavy (non-hydrogen) atoms. The predicted molar refractivity (Wildman–Crippen MR) is 71.2 cm³/mol. The average Bonchev–Trinajstić information content (AvgIpc) is 2.30. The number of hydrogen-bond donors (Lipinski definition) is 2. The van der Waals surface area contributed by atoms with Gasteiger partial charge < -0.3 is 5.11 Å². The molecule has 1 aromatic rings. The third-order valence-corrected chi connectivity index (χ3v) is 5.16. The van der Waals surface area contributed by atoms with Crippen molar-refractivity contribution >= 4 is 33.4 Å². The molecule has 2 unspecified atom stereocenters. The average molecular weight is 312 g/mol. The van der Waals surface area contributed by atoms with E-state index in [4.69, 9.17) is 16.7 Å². The molecule has 0 fully saturated rings. The number of halogens is 1. The molecule has 0 bridgehead atoms. The van der Waals surface area contributed by atoms with Crippen LogP contribution >= 0.6 is 23.4 Å². The van der Waals surface area contributed by atoms with Crippen molar-refractivity contribution in [3.8, 4) is 0 Å². The van der Waals surface area contributed by atoms with Gasteiger partial charge in [0, 0.05) is 11.3 Å². The molecule has 0 amide bonds. The fourth-order valence-corrected chi connectivity index (χ4v) is 3.25. The highest BCUT2D eigenvalue weighted by Crippen LogP contribution is 2.14. The highest BCUT2D eigenvalue weighted by molar-refractivity contribution is 7.99. The Labute approximate surface area is 115 Å². The van der Waals surface area contributed by atoms with Crippen molar-refractivity contribution in [3.05, 3.63) is 17.7 Å². The molecule has 0 aliphatic heterocycles. The zero-order valence-electron chi connectivity index (χ0n) is 9.87. The summed E-state index contributed by atoms with van der Waals surface area (Å²) in [6, 6.07) is -0.411. The van der Waals surface area contributed by atoms with Crippen LogP contribution in [0.2, 0.25) is 5.28 Å². The highest BCUT2D eigenvalue weighted by atomic mass is 35.5. The number of hydrogen-bond acceptors (Lipinski definition) is 6. The van der Waals surface area contributed by atoms with Crippen LogP contribution < -0.4 is 4.72 Å². The lowest BCUT2D eigenvalue weighted by atomic mass is 10.3. The zero-order valence-corrected chi connectivity index (χ0v) is 12.3. The molecule has 2 atom stereocenters. The zero-order chi connectivity index (χ0) is 13.8. The van der Waals surface area contributed by atoms with E-state index in [1.54, 1.807) is 13.2 Å². The number of aliphatic hydroxyl groups is 1. The highest BCUT2D eigenvalue weighted by Gasteiger charge is 2.23. The predicted octanol–water partition coefficient (Wildman–Crippen LogP) is 0.521. The number of nitrogens with one attached hydrogen (secondary N) is 1. The maximum Gasteiger partial charge on any atom is 0.243 e. The molecular formula is C9H14ClN3O3S2. The molecule has 0 aromatic carbocycles. The van der Waals surface area contributed by atoms with E-state index in [1.165, 1.54) is 11.8 Å². The van der Waals surface area contributed by atoms with E-state index in [9.17, 15) is 8.42 Å². The third-order valence-electron chi connectivity index (χ3n) is 2.29. The number of thioether (sulfide) groups is 1. The summed E-state index contributed by atoms with van der Waals surface area (Å²) in [7, 11) is -3.70. The quantitative estimate of drug-likeness (QED) is 0.744. The van der Waals surface area contributed by atoms with Crippen LogP contribution in [0.25, 0.3) is 0 Å². The third kappa shape index (κ3) is 4.06. The van der Waals surface area contributed by atoms with E-state index >= 15 is 0 Å². The first-order valence-electron chi connectivity index (χ1n) is 5.04. The normalized spacial score (nSPS) is 15.3. The summed E-state index contributed by atoms with van der Waals surface area (Å²) < 4.78 is 26.4. The lowest BCUT2D eigenvalue weighted by molar-refractivity contribution is 0.282. The number of nitrogens with zero attached hydrogens (tertiary/aromatic N) is 2. The fourth-order valence-electron chi connectivity index (χ4n) is 1.26. The first-order chi connectivity index (χ1) is 8.40. The second-order valence-corrected chi connectivity index (χ2v) is 6.68. The summed E-state index contributed by atoms with van der Waals surface area (Å²) in [5.74, 6) is 0. The summed E-state index contributed by atoms with van der Waals surface area (Å²) in [5.41, 5.74) is 0. The Bertz CT molecular complexity index is 476. The molecule has 1 aromatic heterocycles.